The highest BCUT2D eigenvalue weighted by atomic mass is 35.5. The highest BCUT2D eigenvalue weighted by molar-refractivity contribution is 7.89. The van der Waals surface area contributed by atoms with E-state index in [-0.39, 0.29) is 17.8 Å². The van der Waals surface area contributed by atoms with E-state index in [4.69, 9.17) is 5.73 Å². The molecule has 0 unspecified atom stereocenters. The van der Waals surface area contributed by atoms with Crippen molar-refractivity contribution >= 4 is 22.4 Å². The normalized spacial score (nSPS) is 12.3. The summed E-state index contributed by atoms with van der Waals surface area (Å²) in [6, 6.07) is 8.43. The minimum absolute atomic E-state index is 0. The van der Waals surface area contributed by atoms with E-state index in [1.54, 1.807) is 37.4 Å². The van der Waals surface area contributed by atoms with Gasteiger partial charge in [0.05, 0.1) is 4.90 Å². The monoisotopic (exact) mass is 292 g/mol. The van der Waals surface area contributed by atoms with E-state index < -0.39 is 10.0 Å². The van der Waals surface area contributed by atoms with Gasteiger partial charge in [0.25, 0.3) is 0 Å². The third-order valence-electron chi connectivity index (χ3n) is 2.65. The number of hydrogen-bond donors (Lipinski definition) is 1. The first-order chi connectivity index (χ1) is 7.79. The highest BCUT2D eigenvalue weighted by Crippen LogP contribution is 2.20. The van der Waals surface area contributed by atoms with Crippen LogP contribution in [-0.2, 0) is 10.0 Å². The van der Waals surface area contributed by atoms with Crippen molar-refractivity contribution in [2.45, 2.75) is 18.7 Å². The molecule has 0 radical (unpaired) electrons. The lowest BCUT2D eigenvalue weighted by molar-refractivity contribution is 0.292. The molecule has 0 aliphatic heterocycles. The SMILES string of the molecule is CN(CC(C)(C)CN)S(=O)(=O)c1ccccc1.Cl. The van der Waals surface area contributed by atoms with Crippen molar-refractivity contribution in [2.75, 3.05) is 20.1 Å². The average Bonchev–Trinajstić information content (AvgIpc) is 2.29. The largest absolute Gasteiger partial charge is 0.330 e. The lowest BCUT2D eigenvalue weighted by atomic mass is 9.94. The third-order valence-corrected chi connectivity index (χ3v) is 4.47. The molecular formula is C12H21ClN2O2S. The molecule has 18 heavy (non-hydrogen) atoms. The van der Waals surface area contributed by atoms with Crippen LogP contribution in [0.4, 0.5) is 0 Å². The Labute approximate surface area is 116 Å². The summed E-state index contributed by atoms with van der Waals surface area (Å²) in [6.45, 7) is 4.75. The Hall–Kier alpha value is -0.620. The molecule has 0 bridgehead atoms. The van der Waals surface area contributed by atoms with Gasteiger partial charge in [-0.1, -0.05) is 32.0 Å². The van der Waals surface area contributed by atoms with Gasteiger partial charge in [0.1, 0.15) is 0 Å². The first kappa shape index (κ1) is 17.4. The van der Waals surface area contributed by atoms with Gasteiger partial charge in [0.15, 0.2) is 0 Å². The second-order valence-corrected chi connectivity index (χ2v) is 6.99. The van der Waals surface area contributed by atoms with E-state index in [0.717, 1.165) is 0 Å². The summed E-state index contributed by atoms with van der Waals surface area (Å²) < 4.78 is 25.8. The Balaban J connectivity index is 0.00000289. The van der Waals surface area contributed by atoms with Crippen molar-refractivity contribution in [3.05, 3.63) is 30.3 Å². The number of rotatable bonds is 5. The third kappa shape index (κ3) is 4.24. The summed E-state index contributed by atoms with van der Waals surface area (Å²) in [4.78, 5) is 0.315. The van der Waals surface area contributed by atoms with E-state index in [9.17, 15) is 8.42 Å². The number of benzene rings is 1. The smallest absolute Gasteiger partial charge is 0.242 e. The maximum atomic E-state index is 12.2. The summed E-state index contributed by atoms with van der Waals surface area (Å²) >= 11 is 0. The molecule has 0 saturated heterocycles. The minimum atomic E-state index is -3.40. The molecule has 6 heteroatoms. The molecule has 1 rings (SSSR count). The predicted molar refractivity (Wildman–Crippen MR) is 76.3 cm³/mol. The molecule has 1 aromatic carbocycles. The molecule has 2 N–H and O–H groups in total. The number of nitrogens with zero attached hydrogens (tertiary/aromatic N) is 1. The van der Waals surface area contributed by atoms with Crippen molar-refractivity contribution in [3.8, 4) is 0 Å². The topological polar surface area (TPSA) is 63.4 Å². The standard InChI is InChI=1S/C12H20N2O2S.ClH/c1-12(2,9-13)10-14(3)17(15,16)11-7-5-4-6-8-11;/h4-8H,9-10,13H2,1-3H3;1H. The second-order valence-electron chi connectivity index (χ2n) is 4.94. The molecule has 0 heterocycles. The lowest BCUT2D eigenvalue weighted by Crippen LogP contribution is -2.39. The van der Waals surface area contributed by atoms with Gasteiger partial charge in [-0.25, -0.2) is 12.7 Å². The molecule has 4 nitrogen and oxygen atoms in total. The van der Waals surface area contributed by atoms with Crippen molar-refractivity contribution < 1.29 is 8.42 Å². The molecule has 1 aromatic rings. The van der Waals surface area contributed by atoms with Gasteiger partial charge in [-0.15, -0.1) is 12.4 Å². The van der Waals surface area contributed by atoms with Crippen molar-refractivity contribution in [1.82, 2.24) is 4.31 Å². The number of hydrogen-bond acceptors (Lipinski definition) is 3. The van der Waals surface area contributed by atoms with Gasteiger partial charge in [0.2, 0.25) is 10.0 Å². The molecular weight excluding hydrogens is 272 g/mol. The Morgan fingerprint density at radius 3 is 2.17 bits per heavy atom. The van der Waals surface area contributed by atoms with Gasteiger partial charge < -0.3 is 5.73 Å². The Morgan fingerprint density at radius 1 is 1.22 bits per heavy atom. The minimum Gasteiger partial charge on any atom is -0.330 e. The Morgan fingerprint density at radius 2 is 1.72 bits per heavy atom. The molecule has 0 aromatic heterocycles. The first-order valence-corrected chi connectivity index (χ1v) is 6.95. The van der Waals surface area contributed by atoms with Crippen LogP contribution in [0.1, 0.15) is 13.8 Å². The van der Waals surface area contributed by atoms with Crippen LogP contribution >= 0.6 is 12.4 Å². The van der Waals surface area contributed by atoms with Crippen LogP contribution in [0.3, 0.4) is 0 Å². The molecule has 0 aliphatic carbocycles. The fraction of sp³-hybridized carbons (Fsp3) is 0.500. The van der Waals surface area contributed by atoms with Crippen molar-refractivity contribution in [1.29, 1.82) is 0 Å². The zero-order valence-electron chi connectivity index (χ0n) is 11.0. The Bertz CT molecular complexity index is 460. The zero-order valence-corrected chi connectivity index (χ0v) is 12.6. The summed E-state index contributed by atoms with van der Waals surface area (Å²) in [6.07, 6.45) is 0. The van der Waals surface area contributed by atoms with Crippen LogP contribution in [0.25, 0.3) is 0 Å². The van der Waals surface area contributed by atoms with Crippen LogP contribution in [0.5, 0.6) is 0 Å². The molecule has 0 aliphatic rings. The maximum absolute atomic E-state index is 12.2. The molecule has 0 atom stereocenters. The molecule has 0 spiro atoms. The van der Waals surface area contributed by atoms with Crippen LogP contribution in [0.15, 0.2) is 35.2 Å². The maximum Gasteiger partial charge on any atom is 0.242 e. The van der Waals surface area contributed by atoms with Crippen molar-refractivity contribution in [2.24, 2.45) is 11.1 Å². The molecule has 104 valence electrons. The quantitative estimate of drug-likeness (QED) is 0.899. The summed E-state index contributed by atoms with van der Waals surface area (Å²) in [5.41, 5.74) is 5.39. The fourth-order valence-electron chi connectivity index (χ4n) is 1.52. The lowest BCUT2D eigenvalue weighted by Gasteiger charge is -2.28. The van der Waals surface area contributed by atoms with Crippen LogP contribution < -0.4 is 5.73 Å². The molecule has 0 fully saturated rings. The van der Waals surface area contributed by atoms with Gasteiger partial charge in [-0.2, -0.15) is 0 Å². The predicted octanol–water partition coefficient (Wildman–Crippen LogP) is 1.71. The van der Waals surface area contributed by atoms with E-state index in [2.05, 4.69) is 0 Å². The molecule has 0 amide bonds. The number of nitrogens with two attached hydrogens (primary N) is 1. The Kier molecular flexibility index (Phi) is 6.29. The van der Waals surface area contributed by atoms with Gasteiger partial charge >= 0.3 is 0 Å². The summed E-state index contributed by atoms with van der Waals surface area (Å²) in [7, 11) is -1.82. The van der Waals surface area contributed by atoms with Crippen LogP contribution in [-0.4, -0.2) is 32.9 Å². The number of halogens is 1. The van der Waals surface area contributed by atoms with Crippen molar-refractivity contribution in [3.63, 3.8) is 0 Å². The zero-order chi connectivity index (χ0) is 13.1. The van der Waals surface area contributed by atoms with E-state index in [0.29, 0.717) is 18.0 Å². The van der Waals surface area contributed by atoms with Crippen LogP contribution in [0, 0.1) is 5.41 Å². The van der Waals surface area contributed by atoms with Crippen LogP contribution in [0.2, 0.25) is 0 Å². The van der Waals surface area contributed by atoms with E-state index in [1.807, 2.05) is 13.8 Å². The molecule has 0 saturated carbocycles. The fourth-order valence-corrected chi connectivity index (χ4v) is 2.91. The summed E-state index contributed by atoms with van der Waals surface area (Å²) in [5, 5.41) is 0. The highest BCUT2D eigenvalue weighted by Gasteiger charge is 2.26. The average molecular weight is 293 g/mol. The number of sulfonamides is 1. The van der Waals surface area contributed by atoms with E-state index in [1.165, 1.54) is 4.31 Å². The van der Waals surface area contributed by atoms with Gasteiger partial charge in [-0.3, -0.25) is 0 Å². The first-order valence-electron chi connectivity index (χ1n) is 5.51. The second kappa shape index (κ2) is 6.52. The van der Waals surface area contributed by atoms with Gasteiger partial charge in [-0.05, 0) is 24.1 Å². The van der Waals surface area contributed by atoms with E-state index >= 15 is 0 Å². The van der Waals surface area contributed by atoms with Gasteiger partial charge in [0, 0.05) is 13.6 Å². The summed E-state index contributed by atoms with van der Waals surface area (Å²) in [5.74, 6) is 0.